The van der Waals surface area contributed by atoms with Gasteiger partial charge in [0.1, 0.15) is 5.82 Å². The highest BCUT2D eigenvalue weighted by Gasteiger charge is 2.17. The molecular weight excluding hydrogens is 461 g/mol. The highest BCUT2D eigenvalue weighted by molar-refractivity contribution is 7.99. The third-order valence-electron chi connectivity index (χ3n) is 4.66. The van der Waals surface area contributed by atoms with Gasteiger partial charge in [-0.2, -0.15) is 5.10 Å². The predicted molar refractivity (Wildman–Crippen MR) is 129 cm³/mol. The maximum Gasteiger partial charge on any atom is 0.250 e. The van der Waals surface area contributed by atoms with Gasteiger partial charge in [-0.25, -0.2) is 9.82 Å². The Morgan fingerprint density at radius 2 is 1.82 bits per heavy atom. The molecule has 1 N–H and O–H groups in total. The largest absolute Gasteiger partial charge is 0.272 e. The summed E-state index contributed by atoms with van der Waals surface area (Å²) in [6.07, 6.45) is 1.27. The number of carbonyl (C=O) groups excluding carboxylic acids is 1. The first-order valence-electron chi connectivity index (χ1n) is 9.99. The van der Waals surface area contributed by atoms with Crippen LogP contribution >= 0.6 is 23.4 Å². The van der Waals surface area contributed by atoms with Crippen LogP contribution in [-0.4, -0.2) is 32.6 Å². The van der Waals surface area contributed by atoms with E-state index in [2.05, 4.69) is 20.7 Å². The van der Waals surface area contributed by atoms with Gasteiger partial charge in [-0.15, -0.1) is 10.2 Å². The van der Waals surface area contributed by atoms with E-state index in [1.165, 1.54) is 24.0 Å². The Bertz CT molecular complexity index is 1290. The first-order valence-corrected chi connectivity index (χ1v) is 11.4. The molecule has 0 spiro atoms. The molecule has 0 atom stereocenters. The Balaban J connectivity index is 1.52. The number of thioether (sulfide) groups is 1. The SMILES string of the molecule is Cc1ccc(-c2nnc(SCC(=O)NN=Cc3ccccc3F)n2-c2ccc(Cl)cc2)cc1. The fraction of sp³-hybridized carbons (Fsp3) is 0.0833. The van der Waals surface area contributed by atoms with Crippen molar-refractivity contribution < 1.29 is 9.18 Å². The number of aryl methyl sites for hydroxylation is 1. The fourth-order valence-corrected chi connectivity index (χ4v) is 3.86. The van der Waals surface area contributed by atoms with Crippen molar-refractivity contribution in [2.24, 2.45) is 5.10 Å². The van der Waals surface area contributed by atoms with Gasteiger partial charge in [-0.05, 0) is 37.3 Å². The zero-order valence-corrected chi connectivity index (χ0v) is 19.1. The Hall–Kier alpha value is -3.49. The summed E-state index contributed by atoms with van der Waals surface area (Å²) < 4.78 is 15.5. The number of rotatable bonds is 7. The van der Waals surface area contributed by atoms with Crippen LogP contribution in [0.5, 0.6) is 0 Å². The third-order valence-corrected chi connectivity index (χ3v) is 5.84. The first kappa shape index (κ1) is 22.7. The number of nitrogens with zero attached hydrogens (tertiary/aromatic N) is 4. The molecule has 0 aliphatic heterocycles. The smallest absolute Gasteiger partial charge is 0.250 e. The topological polar surface area (TPSA) is 72.2 Å². The van der Waals surface area contributed by atoms with Crippen LogP contribution < -0.4 is 5.43 Å². The van der Waals surface area contributed by atoms with Crippen molar-refractivity contribution in [2.75, 3.05) is 5.75 Å². The van der Waals surface area contributed by atoms with Gasteiger partial charge in [0.2, 0.25) is 0 Å². The molecule has 0 saturated heterocycles. The van der Waals surface area contributed by atoms with Gasteiger partial charge in [0, 0.05) is 21.8 Å². The van der Waals surface area contributed by atoms with Gasteiger partial charge in [-0.1, -0.05) is 71.4 Å². The van der Waals surface area contributed by atoms with Crippen molar-refractivity contribution in [1.29, 1.82) is 0 Å². The number of carbonyl (C=O) groups is 1. The molecule has 0 bridgehead atoms. The van der Waals surface area contributed by atoms with Crippen LogP contribution in [-0.2, 0) is 4.79 Å². The second kappa shape index (κ2) is 10.4. The standard InChI is InChI=1S/C24H19ClFN5OS/c1-16-6-8-17(9-7-16)23-29-30-24(31(23)20-12-10-19(25)11-13-20)33-15-22(32)28-27-14-18-4-2-3-5-21(18)26/h2-14H,15H2,1H3,(H,28,32). The number of nitrogens with one attached hydrogen (secondary N) is 1. The van der Waals surface area contributed by atoms with E-state index < -0.39 is 5.82 Å². The highest BCUT2D eigenvalue weighted by atomic mass is 35.5. The van der Waals surface area contributed by atoms with Gasteiger partial charge in [0.25, 0.3) is 5.91 Å². The molecule has 166 valence electrons. The highest BCUT2D eigenvalue weighted by Crippen LogP contribution is 2.28. The molecule has 0 saturated carbocycles. The molecule has 0 aliphatic carbocycles. The van der Waals surface area contributed by atoms with E-state index in [-0.39, 0.29) is 17.2 Å². The van der Waals surface area contributed by atoms with Crippen molar-refractivity contribution >= 4 is 35.5 Å². The number of hydrogen-bond acceptors (Lipinski definition) is 5. The second-order valence-electron chi connectivity index (χ2n) is 7.09. The number of hydrogen-bond donors (Lipinski definition) is 1. The van der Waals surface area contributed by atoms with Crippen molar-refractivity contribution in [3.05, 3.63) is 94.8 Å². The zero-order valence-electron chi connectivity index (χ0n) is 17.6. The average molecular weight is 480 g/mol. The quantitative estimate of drug-likeness (QED) is 0.222. The molecule has 0 unspecified atom stereocenters. The molecule has 33 heavy (non-hydrogen) atoms. The number of aromatic nitrogens is 3. The number of amides is 1. The molecule has 1 amide bonds. The van der Waals surface area contributed by atoms with Crippen molar-refractivity contribution in [3.8, 4) is 17.1 Å². The number of halogens is 2. The van der Waals surface area contributed by atoms with Gasteiger partial charge in [0.05, 0.1) is 12.0 Å². The Labute approximate surface area is 199 Å². The van der Waals surface area contributed by atoms with E-state index in [4.69, 9.17) is 11.6 Å². The zero-order chi connectivity index (χ0) is 23.2. The summed E-state index contributed by atoms with van der Waals surface area (Å²) in [5.74, 6) is -0.0636. The molecule has 0 radical (unpaired) electrons. The molecule has 0 fully saturated rings. The molecule has 9 heteroatoms. The van der Waals surface area contributed by atoms with Crippen molar-refractivity contribution in [2.45, 2.75) is 12.1 Å². The summed E-state index contributed by atoms with van der Waals surface area (Å²) in [4.78, 5) is 12.3. The minimum absolute atomic E-state index is 0.0498. The molecule has 4 rings (SSSR count). The maximum absolute atomic E-state index is 13.6. The summed E-state index contributed by atoms with van der Waals surface area (Å²) in [7, 11) is 0. The number of benzene rings is 3. The third kappa shape index (κ3) is 5.66. The lowest BCUT2D eigenvalue weighted by atomic mass is 10.1. The fourth-order valence-electron chi connectivity index (χ4n) is 2.99. The number of hydrazone groups is 1. The van der Waals surface area contributed by atoms with Crippen LogP contribution in [0.4, 0.5) is 4.39 Å². The van der Waals surface area contributed by atoms with Crippen LogP contribution in [0.15, 0.2) is 83.1 Å². The van der Waals surface area contributed by atoms with Crippen LogP contribution in [0.25, 0.3) is 17.1 Å². The molecule has 1 heterocycles. The van der Waals surface area contributed by atoms with Crippen molar-refractivity contribution in [1.82, 2.24) is 20.2 Å². The van der Waals surface area contributed by atoms with E-state index >= 15 is 0 Å². The Morgan fingerprint density at radius 3 is 2.55 bits per heavy atom. The summed E-state index contributed by atoms with van der Waals surface area (Å²) >= 11 is 7.28. The van der Waals surface area contributed by atoms with E-state index in [0.717, 1.165) is 16.8 Å². The minimum atomic E-state index is -0.412. The molecule has 0 aliphatic rings. The van der Waals surface area contributed by atoms with E-state index in [0.29, 0.717) is 16.0 Å². The summed E-state index contributed by atoms with van der Waals surface area (Å²) in [5.41, 5.74) is 5.55. The van der Waals surface area contributed by atoms with E-state index in [9.17, 15) is 9.18 Å². The van der Waals surface area contributed by atoms with Crippen LogP contribution in [0.2, 0.25) is 5.02 Å². The molecule has 3 aromatic carbocycles. The summed E-state index contributed by atoms with van der Waals surface area (Å²) in [5, 5.41) is 13.6. The minimum Gasteiger partial charge on any atom is -0.272 e. The Kier molecular flexibility index (Phi) is 7.16. The lowest BCUT2D eigenvalue weighted by molar-refractivity contribution is -0.118. The summed E-state index contributed by atoms with van der Waals surface area (Å²) in [6.45, 7) is 2.02. The molecule has 4 aromatic rings. The monoisotopic (exact) mass is 479 g/mol. The van der Waals surface area contributed by atoms with Gasteiger partial charge < -0.3 is 0 Å². The maximum atomic E-state index is 13.6. The molecular formula is C24H19ClFN5OS. The normalized spacial score (nSPS) is 11.1. The summed E-state index contributed by atoms with van der Waals surface area (Å²) in [6, 6.07) is 21.4. The second-order valence-corrected chi connectivity index (χ2v) is 8.47. The van der Waals surface area contributed by atoms with Gasteiger partial charge in [-0.3, -0.25) is 9.36 Å². The van der Waals surface area contributed by atoms with Crippen LogP contribution in [0, 0.1) is 12.7 Å². The van der Waals surface area contributed by atoms with Gasteiger partial charge in [0.15, 0.2) is 11.0 Å². The van der Waals surface area contributed by atoms with Gasteiger partial charge >= 0.3 is 0 Å². The average Bonchev–Trinajstić information content (AvgIpc) is 3.24. The van der Waals surface area contributed by atoms with E-state index in [1.54, 1.807) is 30.3 Å². The molecule has 1 aromatic heterocycles. The van der Waals surface area contributed by atoms with Crippen LogP contribution in [0.3, 0.4) is 0 Å². The Morgan fingerprint density at radius 1 is 1.09 bits per heavy atom. The van der Waals surface area contributed by atoms with Crippen molar-refractivity contribution in [3.63, 3.8) is 0 Å². The predicted octanol–water partition coefficient (Wildman–Crippen LogP) is 5.28. The lowest BCUT2D eigenvalue weighted by Gasteiger charge is -2.10. The van der Waals surface area contributed by atoms with E-state index in [1.807, 2.05) is 47.9 Å². The van der Waals surface area contributed by atoms with Crippen LogP contribution in [0.1, 0.15) is 11.1 Å². The molecule has 6 nitrogen and oxygen atoms in total. The lowest BCUT2D eigenvalue weighted by Crippen LogP contribution is -2.20. The first-order chi connectivity index (χ1) is 16.0.